The molecule has 1 heterocycles. The van der Waals surface area contributed by atoms with Crippen molar-refractivity contribution in [3.63, 3.8) is 0 Å². The van der Waals surface area contributed by atoms with Gasteiger partial charge in [0.2, 0.25) is 0 Å². The third-order valence-corrected chi connectivity index (χ3v) is 4.10. The number of rotatable bonds is 3. The lowest BCUT2D eigenvalue weighted by molar-refractivity contribution is 0.00578. The highest BCUT2D eigenvalue weighted by Gasteiger charge is 2.59. The van der Waals surface area contributed by atoms with E-state index in [0.717, 1.165) is 12.8 Å². The number of aliphatic hydroxyl groups is 1. The van der Waals surface area contributed by atoms with E-state index in [1.807, 2.05) is 0 Å². The largest absolute Gasteiger partial charge is 0.461 e. The van der Waals surface area contributed by atoms with Crippen LogP contribution in [0.4, 0.5) is 0 Å². The topological polar surface area (TPSA) is 38.7 Å². The molecule has 2 atom stereocenters. The standard InChI is InChI=1S/C11H21BO3/c1-10(2)11(3,4)15-12(14-10)9-7-8(9)5-6-13/h8-9,13H,5-7H2,1-4H3. The number of hydrogen-bond acceptors (Lipinski definition) is 3. The molecular weight excluding hydrogens is 191 g/mol. The molecule has 1 aliphatic heterocycles. The molecule has 0 aromatic heterocycles. The van der Waals surface area contributed by atoms with E-state index in [-0.39, 0.29) is 24.9 Å². The van der Waals surface area contributed by atoms with Crippen LogP contribution in [0.1, 0.15) is 40.5 Å². The van der Waals surface area contributed by atoms with Gasteiger partial charge >= 0.3 is 7.12 Å². The minimum absolute atomic E-state index is 0.0634. The van der Waals surface area contributed by atoms with E-state index in [1.54, 1.807) is 0 Å². The molecule has 86 valence electrons. The summed E-state index contributed by atoms with van der Waals surface area (Å²) in [6.07, 6.45) is 2.02. The van der Waals surface area contributed by atoms with E-state index in [9.17, 15) is 0 Å². The van der Waals surface area contributed by atoms with E-state index in [4.69, 9.17) is 14.4 Å². The second-order valence-corrected chi connectivity index (χ2v) is 5.80. The average molecular weight is 212 g/mol. The normalized spacial score (nSPS) is 37.0. The van der Waals surface area contributed by atoms with E-state index in [1.165, 1.54) is 0 Å². The Balaban J connectivity index is 1.94. The lowest BCUT2D eigenvalue weighted by Gasteiger charge is -2.32. The van der Waals surface area contributed by atoms with Crippen LogP contribution in [0.2, 0.25) is 5.82 Å². The Morgan fingerprint density at radius 2 is 1.73 bits per heavy atom. The van der Waals surface area contributed by atoms with Crippen molar-refractivity contribution in [3.05, 3.63) is 0 Å². The molecule has 1 saturated carbocycles. The molecule has 3 nitrogen and oxygen atoms in total. The monoisotopic (exact) mass is 212 g/mol. The zero-order chi connectivity index (χ0) is 11.3. The smallest absolute Gasteiger partial charge is 0.403 e. The summed E-state index contributed by atoms with van der Waals surface area (Å²) in [6.45, 7) is 8.60. The van der Waals surface area contributed by atoms with Gasteiger partial charge in [-0.1, -0.05) is 0 Å². The molecule has 0 spiro atoms. The van der Waals surface area contributed by atoms with Gasteiger partial charge in [0.25, 0.3) is 0 Å². The quantitative estimate of drug-likeness (QED) is 0.725. The van der Waals surface area contributed by atoms with Gasteiger partial charge in [0.15, 0.2) is 0 Å². The van der Waals surface area contributed by atoms with Crippen molar-refractivity contribution in [2.24, 2.45) is 5.92 Å². The SMILES string of the molecule is CC1(C)OB(C2CC2CCO)OC1(C)C. The molecule has 0 radical (unpaired) electrons. The fourth-order valence-electron chi connectivity index (χ4n) is 2.17. The van der Waals surface area contributed by atoms with Gasteiger partial charge in [0, 0.05) is 6.61 Å². The van der Waals surface area contributed by atoms with Crippen LogP contribution in [0, 0.1) is 5.92 Å². The fraction of sp³-hybridized carbons (Fsp3) is 1.00. The first-order valence-electron chi connectivity index (χ1n) is 5.84. The Hall–Kier alpha value is -0.0551. The van der Waals surface area contributed by atoms with Gasteiger partial charge in [-0.05, 0) is 52.3 Å². The average Bonchev–Trinajstić information content (AvgIpc) is 2.77. The van der Waals surface area contributed by atoms with Gasteiger partial charge in [0.1, 0.15) is 0 Å². The van der Waals surface area contributed by atoms with E-state index in [2.05, 4.69) is 27.7 Å². The summed E-state index contributed by atoms with van der Waals surface area (Å²) in [5.74, 6) is 1.10. The Kier molecular flexibility index (Phi) is 2.65. The zero-order valence-corrected chi connectivity index (χ0v) is 10.1. The molecule has 1 aliphatic carbocycles. The molecule has 0 amide bonds. The molecule has 2 aliphatic rings. The molecule has 0 aromatic carbocycles. The van der Waals surface area contributed by atoms with Gasteiger partial charge in [-0.15, -0.1) is 0 Å². The predicted octanol–water partition coefficient (Wildman–Crippen LogP) is 1.85. The lowest BCUT2D eigenvalue weighted by Crippen LogP contribution is -2.41. The fourth-order valence-corrected chi connectivity index (χ4v) is 2.17. The Labute approximate surface area is 92.3 Å². The van der Waals surface area contributed by atoms with Crippen LogP contribution in [0.25, 0.3) is 0 Å². The van der Waals surface area contributed by atoms with Gasteiger partial charge in [-0.2, -0.15) is 0 Å². The molecule has 0 bridgehead atoms. The second-order valence-electron chi connectivity index (χ2n) is 5.80. The highest BCUT2D eigenvalue weighted by atomic mass is 16.7. The summed E-state index contributed by atoms with van der Waals surface area (Å²) in [7, 11) is -0.0634. The van der Waals surface area contributed by atoms with Crippen molar-refractivity contribution >= 4 is 7.12 Å². The van der Waals surface area contributed by atoms with Crippen molar-refractivity contribution < 1.29 is 14.4 Å². The highest BCUT2D eigenvalue weighted by molar-refractivity contribution is 6.48. The highest BCUT2D eigenvalue weighted by Crippen LogP contribution is 2.54. The molecule has 2 fully saturated rings. The van der Waals surface area contributed by atoms with Crippen molar-refractivity contribution in [3.8, 4) is 0 Å². The van der Waals surface area contributed by atoms with Crippen molar-refractivity contribution in [1.29, 1.82) is 0 Å². The van der Waals surface area contributed by atoms with E-state index in [0.29, 0.717) is 11.7 Å². The molecule has 2 unspecified atom stereocenters. The van der Waals surface area contributed by atoms with Crippen molar-refractivity contribution in [2.45, 2.75) is 57.6 Å². The molecule has 4 heteroatoms. The summed E-state index contributed by atoms with van der Waals surface area (Å²) in [4.78, 5) is 0. The van der Waals surface area contributed by atoms with Crippen LogP contribution in [-0.2, 0) is 9.31 Å². The van der Waals surface area contributed by atoms with Crippen LogP contribution in [0.15, 0.2) is 0 Å². The summed E-state index contributed by atoms with van der Waals surface area (Å²) in [6, 6.07) is 0. The van der Waals surface area contributed by atoms with Crippen LogP contribution >= 0.6 is 0 Å². The molecule has 2 rings (SSSR count). The third kappa shape index (κ3) is 1.95. The van der Waals surface area contributed by atoms with Gasteiger partial charge in [-0.3, -0.25) is 0 Å². The van der Waals surface area contributed by atoms with Crippen molar-refractivity contribution in [1.82, 2.24) is 0 Å². The zero-order valence-electron chi connectivity index (χ0n) is 10.1. The maximum absolute atomic E-state index is 8.86. The minimum atomic E-state index is -0.218. The van der Waals surface area contributed by atoms with Crippen LogP contribution in [0.3, 0.4) is 0 Å². The molecule has 1 saturated heterocycles. The van der Waals surface area contributed by atoms with Crippen LogP contribution in [-0.4, -0.2) is 30.0 Å². The first kappa shape index (κ1) is 11.4. The minimum Gasteiger partial charge on any atom is -0.403 e. The van der Waals surface area contributed by atoms with Crippen molar-refractivity contribution in [2.75, 3.05) is 6.61 Å². The van der Waals surface area contributed by atoms with E-state index >= 15 is 0 Å². The molecular formula is C11H21BO3. The molecule has 1 N–H and O–H groups in total. The van der Waals surface area contributed by atoms with Crippen LogP contribution in [0.5, 0.6) is 0 Å². The second kappa shape index (κ2) is 3.47. The first-order chi connectivity index (χ1) is 6.87. The van der Waals surface area contributed by atoms with E-state index < -0.39 is 0 Å². The summed E-state index contributed by atoms with van der Waals surface area (Å²) < 4.78 is 11.9. The first-order valence-corrected chi connectivity index (χ1v) is 5.84. The van der Waals surface area contributed by atoms with Gasteiger partial charge in [-0.25, -0.2) is 0 Å². The van der Waals surface area contributed by atoms with Gasteiger partial charge < -0.3 is 14.4 Å². The summed E-state index contributed by atoms with van der Waals surface area (Å²) >= 11 is 0. The number of hydrogen-bond donors (Lipinski definition) is 1. The maximum Gasteiger partial charge on any atom is 0.461 e. The molecule has 0 aromatic rings. The number of aliphatic hydroxyl groups excluding tert-OH is 1. The predicted molar refractivity (Wildman–Crippen MR) is 59.6 cm³/mol. The lowest BCUT2D eigenvalue weighted by atomic mass is 9.80. The maximum atomic E-state index is 8.86. The Morgan fingerprint density at radius 3 is 2.20 bits per heavy atom. The van der Waals surface area contributed by atoms with Gasteiger partial charge in [0.05, 0.1) is 11.2 Å². The Morgan fingerprint density at radius 1 is 1.20 bits per heavy atom. The molecule has 15 heavy (non-hydrogen) atoms. The summed E-state index contributed by atoms with van der Waals surface area (Å²) in [5.41, 5.74) is -0.436. The Bertz CT molecular complexity index is 236. The summed E-state index contributed by atoms with van der Waals surface area (Å²) in [5, 5.41) is 8.86. The van der Waals surface area contributed by atoms with Crippen LogP contribution < -0.4 is 0 Å². The third-order valence-electron chi connectivity index (χ3n) is 4.10.